The molecule has 88 valence electrons. The van der Waals surface area contributed by atoms with Crippen molar-refractivity contribution in [2.75, 3.05) is 26.3 Å². The van der Waals surface area contributed by atoms with Crippen molar-refractivity contribution in [1.29, 1.82) is 0 Å². The lowest BCUT2D eigenvalue weighted by molar-refractivity contribution is -0.122. The molecular formula is C11H22N2O2. The molecule has 0 atom stereocenters. The van der Waals surface area contributed by atoms with Gasteiger partial charge in [0.25, 0.3) is 0 Å². The smallest absolute Gasteiger partial charge is 0.220 e. The molecule has 0 unspecified atom stereocenters. The third-order valence-electron chi connectivity index (χ3n) is 2.85. The highest BCUT2D eigenvalue weighted by Crippen LogP contribution is 2.22. The minimum absolute atomic E-state index is 0.102. The van der Waals surface area contributed by atoms with Crippen LogP contribution in [0.5, 0.6) is 0 Å². The van der Waals surface area contributed by atoms with E-state index >= 15 is 0 Å². The fraction of sp³-hybridized carbons (Fsp3) is 0.909. The summed E-state index contributed by atoms with van der Waals surface area (Å²) in [6.45, 7) is 3.83. The molecule has 1 saturated carbocycles. The summed E-state index contributed by atoms with van der Waals surface area (Å²) in [4.78, 5) is 10.6. The van der Waals surface area contributed by atoms with Crippen LogP contribution >= 0.6 is 0 Å². The first kappa shape index (κ1) is 12.5. The van der Waals surface area contributed by atoms with Gasteiger partial charge < -0.3 is 15.8 Å². The first-order valence-electron chi connectivity index (χ1n) is 5.88. The molecule has 1 aliphatic carbocycles. The van der Waals surface area contributed by atoms with Crippen LogP contribution in [0.15, 0.2) is 0 Å². The van der Waals surface area contributed by atoms with Crippen molar-refractivity contribution in [3.8, 4) is 0 Å². The Labute approximate surface area is 91.5 Å². The van der Waals surface area contributed by atoms with E-state index in [2.05, 4.69) is 5.32 Å². The summed E-state index contributed by atoms with van der Waals surface area (Å²) < 4.78 is 5.01. The topological polar surface area (TPSA) is 64.3 Å². The monoisotopic (exact) mass is 214 g/mol. The van der Waals surface area contributed by atoms with E-state index in [9.17, 15) is 4.79 Å². The Hall–Kier alpha value is -0.610. The average molecular weight is 214 g/mol. The van der Waals surface area contributed by atoms with Gasteiger partial charge in [0.2, 0.25) is 5.91 Å². The van der Waals surface area contributed by atoms with Gasteiger partial charge in [0.15, 0.2) is 0 Å². The number of hydrogen-bond donors (Lipinski definition) is 2. The molecule has 1 heterocycles. The van der Waals surface area contributed by atoms with Crippen LogP contribution in [0.2, 0.25) is 0 Å². The van der Waals surface area contributed by atoms with Crippen molar-refractivity contribution < 1.29 is 9.53 Å². The van der Waals surface area contributed by atoms with Gasteiger partial charge in [0.05, 0.1) is 13.2 Å². The number of carbonyl (C=O) groups excluding carboxylic acids is 1. The van der Waals surface area contributed by atoms with E-state index in [-0.39, 0.29) is 11.8 Å². The number of nitrogens with two attached hydrogens (primary N) is 1. The normalized spacial score (nSPS) is 22.7. The van der Waals surface area contributed by atoms with E-state index in [1.165, 1.54) is 19.3 Å². The molecule has 0 radical (unpaired) electrons. The van der Waals surface area contributed by atoms with Crippen LogP contribution in [0, 0.1) is 5.92 Å². The fourth-order valence-electron chi connectivity index (χ4n) is 1.90. The van der Waals surface area contributed by atoms with Gasteiger partial charge in [0, 0.05) is 19.0 Å². The molecule has 1 amide bonds. The van der Waals surface area contributed by atoms with Crippen molar-refractivity contribution in [2.24, 2.45) is 11.7 Å². The number of amides is 1. The number of carbonyl (C=O) groups is 1. The van der Waals surface area contributed by atoms with Crippen LogP contribution in [0.4, 0.5) is 0 Å². The summed E-state index contributed by atoms with van der Waals surface area (Å²) in [5.41, 5.74) is 5.13. The first-order chi connectivity index (χ1) is 7.30. The Balaban J connectivity index is 0.000000162. The third kappa shape index (κ3) is 5.74. The molecule has 2 aliphatic rings. The number of morpholine rings is 1. The SMILES string of the molecule is C1COCCN1.NC(=O)C1CCCCC1. The van der Waals surface area contributed by atoms with E-state index in [1.54, 1.807) is 0 Å². The predicted octanol–water partition coefficient (Wildman–Crippen LogP) is 0.658. The largest absolute Gasteiger partial charge is 0.379 e. The van der Waals surface area contributed by atoms with Crippen LogP contribution < -0.4 is 11.1 Å². The highest BCUT2D eigenvalue weighted by atomic mass is 16.5. The molecule has 15 heavy (non-hydrogen) atoms. The van der Waals surface area contributed by atoms with Gasteiger partial charge >= 0.3 is 0 Å². The van der Waals surface area contributed by atoms with Gasteiger partial charge in [-0.2, -0.15) is 0 Å². The summed E-state index contributed by atoms with van der Waals surface area (Å²) in [5, 5.41) is 3.16. The highest BCUT2D eigenvalue weighted by Gasteiger charge is 2.17. The van der Waals surface area contributed by atoms with Gasteiger partial charge in [-0.1, -0.05) is 19.3 Å². The average Bonchev–Trinajstić information content (AvgIpc) is 2.33. The second kappa shape index (κ2) is 7.65. The lowest BCUT2D eigenvalue weighted by Gasteiger charge is -2.17. The highest BCUT2D eigenvalue weighted by molar-refractivity contribution is 5.76. The van der Waals surface area contributed by atoms with Gasteiger partial charge in [-0.15, -0.1) is 0 Å². The Morgan fingerprint density at radius 2 is 1.73 bits per heavy atom. The second-order valence-corrected chi connectivity index (χ2v) is 4.10. The van der Waals surface area contributed by atoms with Crippen LogP contribution in [0.1, 0.15) is 32.1 Å². The third-order valence-corrected chi connectivity index (χ3v) is 2.85. The molecular weight excluding hydrogens is 192 g/mol. The van der Waals surface area contributed by atoms with Crippen LogP contribution in [-0.4, -0.2) is 32.2 Å². The van der Waals surface area contributed by atoms with E-state index in [1.807, 2.05) is 0 Å². The zero-order chi connectivity index (χ0) is 10.9. The summed E-state index contributed by atoms with van der Waals surface area (Å²) in [5.74, 6) is 0.0912. The zero-order valence-corrected chi connectivity index (χ0v) is 9.34. The lowest BCUT2D eigenvalue weighted by Crippen LogP contribution is -2.30. The van der Waals surface area contributed by atoms with Gasteiger partial charge in [-0.3, -0.25) is 4.79 Å². The van der Waals surface area contributed by atoms with E-state index < -0.39 is 0 Å². The number of rotatable bonds is 1. The molecule has 4 nitrogen and oxygen atoms in total. The fourth-order valence-corrected chi connectivity index (χ4v) is 1.90. The predicted molar refractivity (Wildman–Crippen MR) is 59.5 cm³/mol. The van der Waals surface area contributed by atoms with Gasteiger partial charge in [0.1, 0.15) is 0 Å². The molecule has 0 bridgehead atoms. The molecule has 3 N–H and O–H groups in total. The van der Waals surface area contributed by atoms with E-state index in [0.717, 1.165) is 39.1 Å². The summed E-state index contributed by atoms with van der Waals surface area (Å²) in [6.07, 6.45) is 5.70. The summed E-state index contributed by atoms with van der Waals surface area (Å²) in [6, 6.07) is 0. The maximum atomic E-state index is 10.6. The first-order valence-corrected chi connectivity index (χ1v) is 5.88. The Kier molecular flexibility index (Phi) is 6.36. The molecule has 2 rings (SSSR count). The molecule has 0 aromatic heterocycles. The number of ether oxygens (including phenoxy) is 1. The summed E-state index contributed by atoms with van der Waals surface area (Å²) >= 11 is 0. The van der Waals surface area contributed by atoms with Gasteiger partial charge in [-0.05, 0) is 12.8 Å². The zero-order valence-electron chi connectivity index (χ0n) is 9.34. The molecule has 2 fully saturated rings. The van der Waals surface area contributed by atoms with E-state index in [4.69, 9.17) is 10.5 Å². The second-order valence-electron chi connectivity index (χ2n) is 4.10. The minimum atomic E-state index is -0.102. The molecule has 0 spiro atoms. The number of hydrogen-bond acceptors (Lipinski definition) is 3. The van der Waals surface area contributed by atoms with Crippen molar-refractivity contribution in [1.82, 2.24) is 5.32 Å². The maximum Gasteiger partial charge on any atom is 0.220 e. The molecule has 1 saturated heterocycles. The maximum absolute atomic E-state index is 10.6. The van der Waals surface area contributed by atoms with Gasteiger partial charge in [-0.25, -0.2) is 0 Å². The molecule has 0 aromatic carbocycles. The number of primary amides is 1. The van der Waals surface area contributed by atoms with Crippen molar-refractivity contribution in [2.45, 2.75) is 32.1 Å². The molecule has 1 aliphatic heterocycles. The van der Waals surface area contributed by atoms with Crippen LogP contribution in [0.3, 0.4) is 0 Å². The Morgan fingerprint density at radius 1 is 1.13 bits per heavy atom. The molecule has 4 heteroatoms. The van der Waals surface area contributed by atoms with Crippen LogP contribution in [-0.2, 0) is 9.53 Å². The minimum Gasteiger partial charge on any atom is -0.379 e. The van der Waals surface area contributed by atoms with Crippen molar-refractivity contribution in [3.05, 3.63) is 0 Å². The van der Waals surface area contributed by atoms with Crippen LogP contribution in [0.25, 0.3) is 0 Å². The number of nitrogens with one attached hydrogen (secondary N) is 1. The Bertz CT molecular complexity index is 164. The quantitative estimate of drug-likeness (QED) is 0.674. The Morgan fingerprint density at radius 3 is 2.00 bits per heavy atom. The van der Waals surface area contributed by atoms with E-state index in [0.29, 0.717) is 0 Å². The molecule has 0 aromatic rings. The van der Waals surface area contributed by atoms with Crippen molar-refractivity contribution in [3.63, 3.8) is 0 Å². The summed E-state index contributed by atoms with van der Waals surface area (Å²) in [7, 11) is 0. The standard InChI is InChI=1S/C7H13NO.C4H9NO/c8-7(9)6-4-2-1-3-5-6;1-3-6-4-2-5-1/h6H,1-5H2,(H2,8,9);5H,1-4H2. The van der Waals surface area contributed by atoms with Crippen molar-refractivity contribution >= 4 is 5.91 Å². The lowest BCUT2D eigenvalue weighted by atomic mass is 9.89.